The highest BCUT2D eigenvalue weighted by Gasteiger charge is 2.25. The molecule has 1 aliphatic rings. The Morgan fingerprint density at radius 2 is 2.06 bits per heavy atom. The summed E-state index contributed by atoms with van der Waals surface area (Å²) in [7, 11) is 0. The van der Waals surface area contributed by atoms with Crippen molar-refractivity contribution in [2.24, 2.45) is 5.41 Å². The first-order valence-electron chi connectivity index (χ1n) is 6.80. The molecule has 0 amide bonds. The highest BCUT2D eigenvalue weighted by molar-refractivity contribution is 5.20. The second-order valence-corrected chi connectivity index (χ2v) is 5.78. The molecular formula is C15H24N2. The summed E-state index contributed by atoms with van der Waals surface area (Å²) < 4.78 is 0. The predicted molar refractivity (Wildman–Crippen MR) is 71.9 cm³/mol. The summed E-state index contributed by atoms with van der Waals surface area (Å²) in [6.07, 6.45) is 10.8. The zero-order valence-corrected chi connectivity index (χ0v) is 11.1. The summed E-state index contributed by atoms with van der Waals surface area (Å²) in [5, 5.41) is 3.61. The van der Waals surface area contributed by atoms with Crippen molar-refractivity contribution >= 4 is 0 Å². The molecule has 0 aliphatic heterocycles. The fourth-order valence-electron chi connectivity index (χ4n) is 2.76. The van der Waals surface area contributed by atoms with E-state index in [4.69, 9.17) is 0 Å². The van der Waals surface area contributed by atoms with E-state index in [2.05, 4.69) is 30.2 Å². The van der Waals surface area contributed by atoms with Gasteiger partial charge in [-0.25, -0.2) is 0 Å². The van der Waals surface area contributed by atoms with E-state index in [1.54, 1.807) is 0 Å². The van der Waals surface area contributed by atoms with Crippen molar-refractivity contribution in [1.82, 2.24) is 10.3 Å². The smallest absolute Gasteiger partial charge is 0.0315 e. The maximum Gasteiger partial charge on any atom is 0.0315 e. The number of hydrogen-bond donors (Lipinski definition) is 1. The number of aryl methyl sites for hydroxylation is 1. The normalized spacial score (nSPS) is 19.2. The van der Waals surface area contributed by atoms with E-state index in [1.165, 1.54) is 43.2 Å². The van der Waals surface area contributed by atoms with Crippen LogP contribution in [0.25, 0.3) is 0 Å². The Labute approximate surface area is 105 Å². The highest BCUT2D eigenvalue weighted by Crippen LogP contribution is 2.34. The van der Waals surface area contributed by atoms with Crippen LogP contribution in [0.5, 0.6) is 0 Å². The number of hydrogen-bond acceptors (Lipinski definition) is 2. The Hall–Kier alpha value is -0.890. The van der Waals surface area contributed by atoms with Gasteiger partial charge in [-0.15, -0.1) is 0 Å². The van der Waals surface area contributed by atoms with E-state index in [1.807, 2.05) is 12.4 Å². The van der Waals surface area contributed by atoms with Crippen molar-refractivity contribution in [3.05, 3.63) is 29.6 Å². The topological polar surface area (TPSA) is 24.9 Å². The quantitative estimate of drug-likeness (QED) is 0.860. The molecule has 0 aromatic carbocycles. The summed E-state index contributed by atoms with van der Waals surface area (Å²) in [4.78, 5) is 4.19. The average molecular weight is 232 g/mol. The zero-order chi connectivity index (χ0) is 12.1. The van der Waals surface area contributed by atoms with Gasteiger partial charge in [0.25, 0.3) is 0 Å². The number of nitrogens with one attached hydrogen (secondary N) is 1. The molecule has 0 atom stereocenters. The highest BCUT2D eigenvalue weighted by atomic mass is 14.9. The van der Waals surface area contributed by atoms with Crippen molar-refractivity contribution in [2.75, 3.05) is 6.54 Å². The van der Waals surface area contributed by atoms with Gasteiger partial charge in [-0.2, -0.15) is 0 Å². The van der Waals surface area contributed by atoms with Gasteiger partial charge >= 0.3 is 0 Å². The van der Waals surface area contributed by atoms with Crippen LogP contribution in [0.2, 0.25) is 0 Å². The lowest BCUT2D eigenvalue weighted by molar-refractivity contribution is 0.207. The first kappa shape index (κ1) is 12.6. The molecule has 0 spiro atoms. The van der Waals surface area contributed by atoms with Crippen LogP contribution in [0.1, 0.15) is 50.2 Å². The number of pyridine rings is 1. The Kier molecular flexibility index (Phi) is 4.16. The molecule has 1 N–H and O–H groups in total. The summed E-state index contributed by atoms with van der Waals surface area (Å²) in [6, 6.07) is 2.08. The van der Waals surface area contributed by atoms with Crippen LogP contribution >= 0.6 is 0 Å². The number of aromatic nitrogens is 1. The maximum absolute atomic E-state index is 4.19. The van der Waals surface area contributed by atoms with Crippen LogP contribution in [0.15, 0.2) is 18.5 Å². The van der Waals surface area contributed by atoms with E-state index in [-0.39, 0.29) is 0 Å². The van der Waals surface area contributed by atoms with Gasteiger partial charge in [0.1, 0.15) is 0 Å². The fraction of sp³-hybridized carbons (Fsp3) is 0.667. The Bertz CT molecular complexity index is 354. The standard InChI is InChI=1S/C15H24N2/c1-13-6-9-16-10-14(13)11-17-12-15(2)7-4-3-5-8-15/h6,9-10,17H,3-5,7-8,11-12H2,1-2H3. The van der Waals surface area contributed by atoms with Gasteiger partial charge in [0, 0.05) is 25.5 Å². The average Bonchev–Trinajstić information content (AvgIpc) is 2.32. The maximum atomic E-state index is 4.19. The molecular weight excluding hydrogens is 208 g/mol. The number of rotatable bonds is 4. The third-order valence-electron chi connectivity index (χ3n) is 4.08. The van der Waals surface area contributed by atoms with Crippen LogP contribution in [0, 0.1) is 12.3 Å². The van der Waals surface area contributed by atoms with Crippen LogP contribution in [-0.4, -0.2) is 11.5 Å². The lowest BCUT2D eigenvalue weighted by atomic mass is 9.76. The number of nitrogens with zero attached hydrogens (tertiary/aromatic N) is 1. The van der Waals surface area contributed by atoms with Crippen molar-refractivity contribution in [3.63, 3.8) is 0 Å². The van der Waals surface area contributed by atoms with E-state index in [0.29, 0.717) is 5.41 Å². The van der Waals surface area contributed by atoms with Crippen molar-refractivity contribution in [2.45, 2.75) is 52.5 Å². The molecule has 1 saturated carbocycles. The molecule has 2 heteroatoms. The molecule has 1 aromatic rings. The summed E-state index contributed by atoms with van der Waals surface area (Å²) in [6.45, 7) is 6.67. The van der Waals surface area contributed by atoms with Crippen LogP contribution < -0.4 is 5.32 Å². The minimum absolute atomic E-state index is 0.522. The minimum Gasteiger partial charge on any atom is -0.312 e. The van der Waals surface area contributed by atoms with Gasteiger partial charge in [0.15, 0.2) is 0 Å². The van der Waals surface area contributed by atoms with Gasteiger partial charge in [-0.1, -0.05) is 26.2 Å². The SMILES string of the molecule is Cc1ccncc1CNCC1(C)CCCCC1. The molecule has 0 unspecified atom stereocenters. The predicted octanol–water partition coefficient (Wildman–Crippen LogP) is 3.45. The van der Waals surface area contributed by atoms with Gasteiger partial charge < -0.3 is 5.32 Å². The molecule has 2 rings (SSSR count). The lowest BCUT2D eigenvalue weighted by Gasteiger charge is -2.33. The van der Waals surface area contributed by atoms with E-state index in [9.17, 15) is 0 Å². The van der Waals surface area contributed by atoms with Crippen LogP contribution in [-0.2, 0) is 6.54 Å². The molecule has 94 valence electrons. The molecule has 0 radical (unpaired) electrons. The summed E-state index contributed by atoms with van der Waals surface area (Å²) in [5.74, 6) is 0. The first-order valence-corrected chi connectivity index (χ1v) is 6.80. The first-order chi connectivity index (χ1) is 8.20. The second-order valence-electron chi connectivity index (χ2n) is 5.78. The summed E-state index contributed by atoms with van der Waals surface area (Å²) in [5.41, 5.74) is 3.18. The molecule has 1 heterocycles. The molecule has 1 fully saturated rings. The van der Waals surface area contributed by atoms with Crippen molar-refractivity contribution in [1.29, 1.82) is 0 Å². The fourth-order valence-corrected chi connectivity index (χ4v) is 2.76. The molecule has 0 saturated heterocycles. The van der Waals surface area contributed by atoms with Gasteiger partial charge in [0.05, 0.1) is 0 Å². The third-order valence-corrected chi connectivity index (χ3v) is 4.08. The van der Waals surface area contributed by atoms with Crippen LogP contribution in [0.3, 0.4) is 0 Å². The van der Waals surface area contributed by atoms with Crippen LogP contribution in [0.4, 0.5) is 0 Å². The van der Waals surface area contributed by atoms with Gasteiger partial charge in [-0.05, 0) is 42.4 Å². The van der Waals surface area contributed by atoms with Gasteiger partial charge in [-0.3, -0.25) is 4.98 Å². The van der Waals surface area contributed by atoms with E-state index < -0.39 is 0 Å². The molecule has 1 aromatic heterocycles. The van der Waals surface area contributed by atoms with E-state index in [0.717, 1.165) is 13.1 Å². The Morgan fingerprint density at radius 1 is 1.29 bits per heavy atom. The van der Waals surface area contributed by atoms with Gasteiger partial charge in [0.2, 0.25) is 0 Å². The molecule has 17 heavy (non-hydrogen) atoms. The van der Waals surface area contributed by atoms with E-state index >= 15 is 0 Å². The monoisotopic (exact) mass is 232 g/mol. The summed E-state index contributed by atoms with van der Waals surface area (Å²) >= 11 is 0. The Balaban J connectivity index is 1.81. The molecule has 0 bridgehead atoms. The second kappa shape index (κ2) is 5.63. The largest absolute Gasteiger partial charge is 0.312 e. The molecule has 1 aliphatic carbocycles. The van der Waals surface area contributed by atoms with Crippen molar-refractivity contribution in [3.8, 4) is 0 Å². The minimum atomic E-state index is 0.522. The zero-order valence-electron chi connectivity index (χ0n) is 11.1. The lowest BCUT2D eigenvalue weighted by Crippen LogP contribution is -2.33. The van der Waals surface area contributed by atoms with Crippen molar-refractivity contribution < 1.29 is 0 Å². The third kappa shape index (κ3) is 3.53. The molecule has 2 nitrogen and oxygen atoms in total. The Morgan fingerprint density at radius 3 is 2.76 bits per heavy atom.